The Hall–Kier alpha value is -3.30. The summed E-state index contributed by atoms with van der Waals surface area (Å²) in [4.78, 5) is 75.7. The van der Waals surface area contributed by atoms with Gasteiger partial charge in [0.05, 0.1) is 33.0 Å². The van der Waals surface area contributed by atoms with Gasteiger partial charge in [-0.05, 0) is 6.42 Å². The molecule has 1 N–H and O–H groups in total. The van der Waals surface area contributed by atoms with Crippen LogP contribution in [0.4, 0.5) is 4.79 Å². The summed E-state index contributed by atoms with van der Waals surface area (Å²) in [5.41, 5.74) is 0. The van der Waals surface area contributed by atoms with Crippen LogP contribution in [-0.4, -0.2) is 118 Å². The first-order valence-corrected chi connectivity index (χ1v) is 11.9. The number of carbonyl (C=O) groups is 6. The van der Waals surface area contributed by atoms with Crippen LogP contribution in [0.15, 0.2) is 0 Å². The van der Waals surface area contributed by atoms with E-state index in [0.29, 0.717) is 11.7 Å². The first-order valence-electron chi connectivity index (χ1n) is 11.9. The average molecular weight is 550 g/mol. The van der Waals surface area contributed by atoms with Crippen molar-refractivity contribution in [2.45, 2.75) is 40.5 Å². The third-order valence-electron chi connectivity index (χ3n) is 4.48. The second kappa shape index (κ2) is 20.7. The Morgan fingerprint density at radius 2 is 1.47 bits per heavy atom. The zero-order valence-electron chi connectivity index (χ0n) is 21.2. The standard InChI is InChI=1S/C22H35N3O12.CH4/c1-3-9-36-22(31)23-6-10-32-13-14-33-16-21(30)35-12-8-24(7-11-34-17(2)26)15-20(29)37-25-18(27)4-5-19(25)28;/h3-16H2,1-2H3,(H,23,31);1H4. The highest BCUT2D eigenvalue weighted by atomic mass is 16.7. The van der Waals surface area contributed by atoms with E-state index in [4.69, 9.17) is 28.5 Å². The van der Waals surface area contributed by atoms with Crippen molar-refractivity contribution in [3.63, 3.8) is 0 Å². The van der Waals surface area contributed by atoms with Crippen molar-refractivity contribution in [1.82, 2.24) is 15.3 Å². The van der Waals surface area contributed by atoms with Crippen molar-refractivity contribution >= 4 is 35.8 Å². The summed E-state index contributed by atoms with van der Waals surface area (Å²) >= 11 is 0. The number of rotatable bonds is 19. The molecule has 1 aliphatic heterocycles. The molecule has 15 nitrogen and oxygen atoms in total. The summed E-state index contributed by atoms with van der Waals surface area (Å²) in [6, 6.07) is 0. The van der Waals surface area contributed by atoms with Gasteiger partial charge in [0.1, 0.15) is 19.8 Å². The lowest BCUT2D eigenvalue weighted by molar-refractivity contribution is -0.198. The summed E-state index contributed by atoms with van der Waals surface area (Å²) < 4.78 is 25.2. The minimum Gasteiger partial charge on any atom is -0.465 e. The Morgan fingerprint density at radius 3 is 2.11 bits per heavy atom. The lowest BCUT2D eigenvalue weighted by Crippen LogP contribution is -2.40. The second-order valence-corrected chi connectivity index (χ2v) is 7.61. The molecule has 0 bridgehead atoms. The Bertz CT molecular complexity index is 761. The van der Waals surface area contributed by atoms with Crippen LogP contribution in [0.1, 0.15) is 40.5 Å². The lowest BCUT2D eigenvalue weighted by atomic mass is 10.4. The average Bonchev–Trinajstić information content (AvgIpc) is 3.15. The number of carbonyl (C=O) groups excluding carboxylic acids is 6. The largest absolute Gasteiger partial charge is 0.465 e. The van der Waals surface area contributed by atoms with E-state index in [1.54, 1.807) is 0 Å². The van der Waals surface area contributed by atoms with E-state index in [2.05, 4.69) is 5.32 Å². The topological polar surface area (TPSA) is 176 Å². The van der Waals surface area contributed by atoms with Gasteiger partial charge in [0.25, 0.3) is 11.8 Å². The van der Waals surface area contributed by atoms with Crippen molar-refractivity contribution in [3.8, 4) is 0 Å². The van der Waals surface area contributed by atoms with Crippen LogP contribution < -0.4 is 5.32 Å². The molecule has 218 valence electrons. The summed E-state index contributed by atoms with van der Waals surface area (Å²) in [6.07, 6.45) is 0.166. The van der Waals surface area contributed by atoms with Crippen LogP contribution in [0, 0.1) is 0 Å². The normalized spacial score (nSPS) is 12.7. The van der Waals surface area contributed by atoms with Gasteiger partial charge in [0.2, 0.25) is 0 Å². The molecule has 1 heterocycles. The number of hydrogen-bond acceptors (Lipinski definition) is 13. The van der Waals surface area contributed by atoms with Gasteiger partial charge in [-0.2, -0.15) is 0 Å². The first kappa shape index (κ1) is 34.7. The molecule has 0 atom stereocenters. The summed E-state index contributed by atoms with van der Waals surface area (Å²) in [5, 5.41) is 2.96. The Labute approximate surface area is 221 Å². The number of nitrogens with one attached hydrogen (secondary N) is 1. The first-order chi connectivity index (χ1) is 17.7. The highest BCUT2D eigenvalue weighted by Gasteiger charge is 2.33. The number of amides is 3. The minimum atomic E-state index is -0.867. The number of hydroxylamine groups is 2. The van der Waals surface area contributed by atoms with E-state index in [9.17, 15) is 28.8 Å². The van der Waals surface area contributed by atoms with Crippen LogP contribution in [0.5, 0.6) is 0 Å². The maximum absolute atomic E-state index is 12.2. The number of alkyl carbamates (subject to hydrolysis) is 1. The van der Waals surface area contributed by atoms with Crippen LogP contribution in [0.3, 0.4) is 0 Å². The highest BCUT2D eigenvalue weighted by Crippen LogP contribution is 2.12. The third-order valence-corrected chi connectivity index (χ3v) is 4.48. The number of esters is 2. The smallest absolute Gasteiger partial charge is 0.407 e. The number of imide groups is 1. The van der Waals surface area contributed by atoms with E-state index in [1.807, 2.05) is 6.92 Å². The zero-order valence-corrected chi connectivity index (χ0v) is 21.2. The molecule has 15 heteroatoms. The van der Waals surface area contributed by atoms with Gasteiger partial charge in [-0.3, -0.25) is 19.3 Å². The summed E-state index contributed by atoms with van der Waals surface area (Å²) in [5.74, 6) is -3.22. The monoisotopic (exact) mass is 549 g/mol. The van der Waals surface area contributed by atoms with Crippen molar-refractivity contribution in [1.29, 1.82) is 0 Å². The van der Waals surface area contributed by atoms with E-state index in [0.717, 1.165) is 6.42 Å². The predicted octanol–water partition coefficient (Wildman–Crippen LogP) is -0.193. The Kier molecular flexibility index (Phi) is 18.9. The maximum Gasteiger partial charge on any atom is 0.407 e. The minimum absolute atomic E-state index is 0. The van der Waals surface area contributed by atoms with E-state index in [1.165, 1.54) is 11.8 Å². The zero-order chi connectivity index (χ0) is 27.5. The second-order valence-electron chi connectivity index (χ2n) is 7.61. The molecular formula is C23H39N3O12. The molecule has 0 radical (unpaired) electrons. The molecular weight excluding hydrogens is 510 g/mol. The molecule has 1 aliphatic rings. The molecule has 1 fully saturated rings. The fourth-order valence-corrected chi connectivity index (χ4v) is 2.74. The Balaban J connectivity index is 0.0000137. The van der Waals surface area contributed by atoms with Gasteiger partial charge in [0, 0.05) is 39.4 Å². The number of ether oxygens (including phenoxy) is 5. The van der Waals surface area contributed by atoms with E-state index >= 15 is 0 Å². The van der Waals surface area contributed by atoms with Gasteiger partial charge in [-0.15, -0.1) is 5.06 Å². The molecule has 0 spiro atoms. The Morgan fingerprint density at radius 1 is 0.842 bits per heavy atom. The third kappa shape index (κ3) is 16.4. The lowest BCUT2D eigenvalue weighted by Gasteiger charge is -2.22. The van der Waals surface area contributed by atoms with Crippen LogP contribution in [0.2, 0.25) is 0 Å². The highest BCUT2D eigenvalue weighted by molar-refractivity contribution is 6.01. The van der Waals surface area contributed by atoms with Crippen LogP contribution in [0.25, 0.3) is 0 Å². The van der Waals surface area contributed by atoms with Crippen LogP contribution in [-0.2, 0) is 52.5 Å². The molecule has 0 aromatic heterocycles. The number of hydrogen-bond donors (Lipinski definition) is 1. The van der Waals surface area contributed by atoms with Gasteiger partial charge in [-0.25, -0.2) is 14.4 Å². The van der Waals surface area contributed by atoms with Crippen LogP contribution >= 0.6 is 0 Å². The molecule has 0 saturated carbocycles. The molecule has 0 aliphatic carbocycles. The molecule has 0 unspecified atom stereocenters. The van der Waals surface area contributed by atoms with Gasteiger partial charge >= 0.3 is 24.0 Å². The molecule has 3 amide bonds. The molecule has 1 rings (SSSR count). The van der Waals surface area contributed by atoms with Crippen molar-refractivity contribution in [2.24, 2.45) is 0 Å². The fourth-order valence-electron chi connectivity index (χ4n) is 2.74. The molecule has 0 aromatic rings. The van der Waals surface area contributed by atoms with Crippen molar-refractivity contribution in [3.05, 3.63) is 0 Å². The summed E-state index contributed by atoms with van der Waals surface area (Å²) in [6.45, 7) is 3.73. The van der Waals surface area contributed by atoms with E-state index in [-0.39, 0.29) is 86.1 Å². The predicted molar refractivity (Wildman–Crippen MR) is 129 cm³/mol. The quantitative estimate of drug-likeness (QED) is 0.0971. The fraction of sp³-hybridized carbons (Fsp3) is 0.739. The molecule has 0 aromatic carbocycles. The van der Waals surface area contributed by atoms with E-state index < -0.39 is 35.8 Å². The van der Waals surface area contributed by atoms with Gasteiger partial charge in [-0.1, -0.05) is 14.4 Å². The van der Waals surface area contributed by atoms with Crippen molar-refractivity contribution < 1.29 is 57.3 Å². The van der Waals surface area contributed by atoms with Gasteiger partial charge in [0.15, 0.2) is 0 Å². The molecule has 1 saturated heterocycles. The SMILES string of the molecule is C.CCCOC(=O)NCCOCCOCC(=O)OCCN(CCOC(C)=O)CC(=O)ON1C(=O)CCC1=O. The van der Waals surface area contributed by atoms with Crippen molar-refractivity contribution in [2.75, 3.05) is 72.4 Å². The van der Waals surface area contributed by atoms with Gasteiger partial charge < -0.3 is 33.8 Å². The number of nitrogens with zero attached hydrogens (tertiary/aromatic N) is 2. The summed E-state index contributed by atoms with van der Waals surface area (Å²) in [7, 11) is 0. The molecule has 38 heavy (non-hydrogen) atoms. The maximum atomic E-state index is 12.2.